The maximum atomic E-state index is 15.0. The van der Waals surface area contributed by atoms with E-state index < -0.39 is 43.9 Å². The van der Waals surface area contributed by atoms with Gasteiger partial charge < -0.3 is 14.0 Å². The van der Waals surface area contributed by atoms with Gasteiger partial charge in [-0.2, -0.15) is 12.7 Å². The summed E-state index contributed by atoms with van der Waals surface area (Å²) in [6, 6.07) is 4.57. The van der Waals surface area contributed by atoms with Crippen molar-refractivity contribution in [3.05, 3.63) is 57.6 Å². The number of hydrogen-bond acceptors (Lipinski definition) is 6. The topological polar surface area (TPSA) is 103 Å². The maximum Gasteiger partial charge on any atom is 0.301 e. The van der Waals surface area contributed by atoms with E-state index in [1.807, 2.05) is 0 Å². The van der Waals surface area contributed by atoms with E-state index in [1.165, 1.54) is 36.9 Å². The molecule has 1 atom stereocenters. The van der Waals surface area contributed by atoms with E-state index in [0.29, 0.717) is 6.42 Å². The third-order valence-electron chi connectivity index (χ3n) is 5.27. The molecule has 33 heavy (non-hydrogen) atoms. The molecule has 4 rings (SSSR count). The highest BCUT2D eigenvalue weighted by Crippen LogP contribution is 2.39. The second-order valence-corrected chi connectivity index (χ2v) is 9.43. The number of fused-ring (bicyclic) bond motifs is 1. The van der Waals surface area contributed by atoms with Gasteiger partial charge in [0.1, 0.15) is 10.4 Å². The predicted octanol–water partition coefficient (Wildman–Crippen LogP) is 3.03. The third kappa shape index (κ3) is 4.38. The molecule has 0 radical (unpaired) electrons. The number of nitrogens with zero attached hydrogens (tertiary/aromatic N) is 3. The minimum atomic E-state index is -4.01. The molecule has 1 saturated heterocycles. The summed E-state index contributed by atoms with van der Waals surface area (Å²) in [5.41, 5.74) is -0.722. The molecule has 3 aromatic rings. The Hall–Kier alpha value is -2.80. The molecule has 2 aromatic carbocycles. The molecule has 1 aromatic heterocycles. The van der Waals surface area contributed by atoms with E-state index in [9.17, 15) is 17.6 Å². The van der Waals surface area contributed by atoms with Crippen LogP contribution in [0, 0.1) is 11.6 Å². The highest BCUT2D eigenvalue weighted by atomic mass is 35.5. The van der Waals surface area contributed by atoms with Crippen LogP contribution in [-0.4, -0.2) is 48.6 Å². The van der Waals surface area contributed by atoms with Crippen LogP contribution >= 0.6 is 11.6 Å². The normalized spacial score (nSPS) is 16.9. The summed E-state index contributed by atoms with van der Waals surface area (Å²) in [5, 5.41) is -0.757. The van der Waals surface area contributed by atoms with Gasteiger partial charge in [0.05, 0.1) is 23.6 Å². The Morgan fingerprint density at radius 1 is 1.24 bits per heavy atom. The lowest BCUT2D eigenvalue weighted by Gasteiger charge is -2.19. The predicted molar refractivity (Wildman–Crippen MR) is 118 cm³/mol. The molecule has 1 aliphatic heterocycles. The molecule has 1 aliphatic rings. The number of aryl methyl sites for hydroxylation is 1. The van der Waals surface area contributed by atoms with Crippen LogP contribution in [0.3, 0.4) is 0 Å². The molecule has 0 saturated carbocycles. The van der Waals surface area contributed by atoms with Crippen LogP contribution in [0.1, 0.15) is 6.42 Å². The Labute approximate surface area is 192 Å². The van der Waals surface area contributed by atoms with Gasteiger partial charge >= 0.3 is 10.2 Å². The van der Waals surface area contributed by atoms with Gasteiger partial charge in [-0.05, 0) is 30.7 Å². The highest BCUT2D eigenvalue weighted by Gasteiger charge is 2.32. The Morgan fingerprint density at radius 3 is 2.70 bits per heavy atom. The molecule has 0 bridgehead atoms. The molecule has 0 aliphatic carbocycles. The number of halogens is 3. The quantitative estimate of drug-likeness (QED) is 0.558. The molecule has 13 heteroatoms. The minimum absolute atomic E-state index is 0.0935. The number of hydrogen-bond donors (Lipinski definition) is 1. The van der Waals surface area contributed by atoms with Crippen molar-refractivity contribution in [2.24, 2.45) is 7.05 Å². The summed E-state index contributed by atoms with van der Waals surface area (Å²) < 4.78 is 70.1. The van der Waals surface area contributed by atoms with E-state index in [-0.39, 0.29) is 35.8 Å². The van der Waals surface area contributed by atoms with Gasteiger partial charge in [0.25, 0.3) is 5.56 Å². The smallest absolute Gasteiger partial charge is 0.301 e. The zero-order valence-corrected chi connectivity index (χ0v) is 19.1. The lowest BCUT2D eigenvalue weighted by atomic mass is 10.2. The van der Waals surface area contributed by atoms with Gasteiger partial charge in [-0.25, -0.2) is 13.8 Å². The molecule has 1 N–H and O–H groups in total. The summed E-state index contributed by atoms with van der Waals surface area (Å²) in [6.07, 6.45) is 1.53. The number of benzene rings is 2. The number of aromatic nitrogens is 2. The van der Waals surface area contributed by atoms with Crippen molar-refractivity contribution in [3.63, 3.8) is 0 Å². The fourth-order valence-corrected chi connectivity index (χ4v) is 5.02. The van der Waals surface area contributed by atoms with Crippen LogP contribution < -0.4 is 15.0 Å². The second-order valence-electron chi connectivity index (χ2n) is 7.38. The zero-order valence-electron chi connectivity index (χ0n) is 17.5. The highest BCUT2D eigenvalue weighted by molar-refractivity contribution is 7.90. The van der Waals surface area contributed by atoms with Gasteiger partial charge in [0.2, 0.25) is 0 Å². The van der Waals surface area contributed by atoms with E-state index in [1.54, 1.807) is 0 Å². The summed E-state index contributed by atoms with van der Waals surface area (Å²) in [4.78, 5) is 16.3. The van der Waals surface area contributed by atoms with E-state index in [4.69, 9.17) is 21.1 Å². The molecular weight excluding hydrogens is 482 g/mol. The van der Waals surface area contributed by atoms with Crippen LogP contribution in [0.4, 0.5) is 14.5 Å². The Kier molecular flexibility index (Phi) is 6.27. The lowest BCUT2D eigenvalue weighted by Crippen LogP contribution is -2.35. The Bertz CT molecular complexity index is 1400. The number of rotatable bonds is 6. The molecule has 9 nitrogen and oxygen atoms in total. The monoisotopic (exact) mass is 500 g/mol. The van der Waals surface area contributed by atoms with Crippen molar-refractivity contribution in [2.45, 2.75) is 12.5 Å². The molecule has 2 heterocycles. The largest absolute Gasteiger partial charge is 0.450 e. The average molecular weight is 501 g/mol. The fourth-order valence-electron chi connectivity index (χ4n) is 3.44. The first-order valence-corrected chi connectivity index (χ1v) is 11.5. The first kappa shape index (κ1) is 23.4. The van der Waals surface area contributed by atoms with Crippen molar-refractivity contribution in [3.8, 4) is 11.5 Å². The van der Waals surface area contributed by atoms with Gasteiger partial charge in [0, 0.05) is 27.2 Å². The zero-order chi connectivity index (χ0) is 23.9. The van der Waals surface area contributed by atoms with Crippen molar-refractivity contribution in [1.29, 1.82) is 0 Å². The standard InChI is InChI=1S/C20H19ClF2N4O5S/c1-26-10-24-13-5-6-15(18(23)16(13)20(26)28)32-19-12(22)3-4-14(17(19)21)25-33(29,30)27-8-7-11(9-27)31-2/h3-6,10-11,25H,7-9H2,1-2H3/t11-/m1/s1. The van der Waals surface area contributed by atoms with Crippen LogP contribution in [0.25, 0.3) is 10.9 Å². The molecule has 0 amide bonds. The Morgan fingerprint density at radius 2 is 2.00 bits per heavy atom. The summed E-state index contributed by atoms with van der Waals surface area (Å²) in [7, 11) is -1.12. The third-order valence-corrected chi connectivity index (χ3v) is 7.13. The van der Waals surface area contributed by atoms with Gasteiger partial charge in [-0.3, -0.25) is 9.52 Å². The lowest BCUT2D eigenvalue weighted by molar-refractivity contribution is 0.115. The number of anilines is 1. The number of methoxy groups -OCH3 is 1. The maximum absolute atomic E-state index is 15.0. The summed E-state index contributed by atoms with van der Waals surface area (Å²) in [5.74, 6) is -3.09. The second kappa shape index (κ2) is 8.86. The Balaban J connectivity index is 1.68. The summed E-state index contributed by atoms with van der Waals surface area (Å²) >= 11 is 6.22. The number of nitrogens with one attached hydrogen (secondary N) is 1. The van der Waals surface area contributed by atoms with Crippen molar-refractivity contribution < 1.29 is 26.7 Å². The van der Waals surface area contributed by atoms with Crippen LogP contribution in [-0.2, 0) is 22.0 Å². The van der Waals surface area contributed by atoms with Crippen molar-refractivity contribution in [2.75, 3.05) is 24.9 Å². The van der Waals surface area contributed by atoms with Crippen molar-refractivity contribution in [1.82, 2.24) is 13.9 Å². The average Bonchev–Trinajstić information content (AvgIpc) is 3.27. The molecular formula is C20H19ClF2N4O5S. The molecule has 176 valence electrons. The molecule has 1 fully saturated rings. The molecule has 0 unspecified atom stereocenters. The first-order chi connectivity index (χ1) is 15.6. The van der Waals surface area contributed by atoms with Gasteiger partial charge in [0.15, 0.2) is 23.1 Å². The van der Waals surface area contributed by atoms with E-state index >= 15 is 4.39 Å². The van der Waals surface area contributed by atoms with E-state index in [2.05, 4.69) is 9.71 Å². The van der Waals surface area contributed by atoms with E-state index in [0.717, 1.165) is 16.7 Å². The van der Waals surface area contributed by atoms with Crippen LogP contribution in [0.5, 0.6) is 11.5 Å². The minimum Gasteiger partial charge on any atom is -0.450 e. The number of ether oxygens (including phenoxy) is 2. The van der Waals surface area contributed by atoms with Crippen LogP contribution in [0.2, 0.25) is 5.02 Å². The molecule has 0 spiro atoms. The SMILES string of the molecule is CO[C@@H]1CCN(S(=O)(=O)Nc2ccc(F)c(Oc3ccc4ncn(C)c(=O)c4c3F)c2Cl)C1. The van der Waals surface area contributed by atoms with Gasteiger partial charge in [-0.15, -0.1) is 0 Å². The van der Waals surface area contributed by atoms with Crippen molar-refractivity contribution >= 4 is 38.4 Å². The van der Waals surface area contributed by atoms with Crippen LogP contribution in [0.15, 0.2) is 35.4 Å². The summed E-state index contributed by atoms with van der Waals surface area (Å²) in [6.45, 7) is 0.389. The fraction of sp³-hybridized carbons (Fsp3) is 0.300. The van der Waals surface area contributed by atoms with Gasteiger partial charge in [-0.1, -0.05) is 11.6 Å². The first-order valence-electron chi connectivity index (χ1n) is 9.72.